The minimum absolute atomic E-state index is 0.291. The van der Waals surface area contributed by atoms with Gasteiger partial charge >= 0.3 is 6.18 Å². The number of anilines is 1. The molecular formula is C17H13F3N8O. The number of fused-ring (bicyclic) bond motifs is 2. The van der Waals surface area contributed by atoms with E-state index in [4.69, 9.17) is 0 Å². The smallest absolute Gasteiger partial charge is 0.365 e. The van der Waals surface area contributed by atoms with Crippen LogP contribution in [0.3, 0.4) is 0 Å². The van der Waals surface area contributed by atoms with Crippen molar-refractivity contribution < 1.29 is 13.2 Å². The predicted octanol–water partition coefficient (Wildman–Crippen LogP) is 1.78. The molecule has 4 heterocycles. The molecule has 0 fully saturated rings. The molecule has 3 aromatic heterocycles. The second kappa shape index (κ2) is 6.15. The second-order valence-corrected chi connectivity index (χ2v) is 6.68. The Balaban J connectivity index is 1.49. The van der Waals surface area contributed by atoms with Crippen LogP contribution < -0.4 is 10.5 Å². The van der Waals surface area contributed by atoms with Crippen molar-refractivity contribution in [3.05, 3.63) is 57.6 Å². The van der Waals surface area contributed by atoms with E-state index < -0.39 is 11.7 Å². The molecule has 1 aromatic carbocycles. The van der Waals surface area contributed by atoms with E-state index in [9.17, 15) is 18.0 Å². The molecule has 2 N–H and O–H groups in total. The summed E-state index contributed by atoms with van der Waals surface area (Å²) in [6.07, 6.45) is -2.31. The summed E-state index contributed by atoms with van der Waals surface area (Å²) >= 11 is 0. The molecule has 0 spiro atoms. The highest BCUT2D eigenvalue weighted by Crippen LogP contribution is 2.36. The molecule has 0 saturated carbocycles. The monoisotopic (exact) mass is 402 g/mol. The molecular weight excluding hydrogens is 389 g/mol. The molecule has 5 rings (SSSR count). The largest absolute Gasteiger partial charge is 0.416 e. The van der Waals surface area contributed by atoms with Crippen molar-refractivity contribution in [3.63, 3.8) is 0 Å². The molecule has 1 aliphatic heterocycles. The minimum Gasteiger partial charge on any atom is -0.365 e. The maximum absolute atomic E-state index is 12.9. The lowest BCUT2D eigenvalue weighted by Crippen LogP contribution is -2.23. The standard InChI is InChI=1S/C17H13F3N8O/c18-17(19,20)10-1-2-13-9(5-10)3-4-27(13)8-11-6-14(29)28-16(22-11)12(7-21-28)15-23-25-26-24-15/h1-2,5-7,21H,3-4,8H2,(H,23,24,25,26). The van der Waals surface area contributed by atoms with E-state index in [0.717, 1.165) is 6.07 Å². The fraction of sp³-hybridized carbons (Fsp3) is 0.235. The number of alkyl halides is 3. The Kier molecular flexibility index (Phi) is 3.69. The molecule has 148 valence electrons. The molecule has 29 heavy (non-hydrogen) atoms. The SMILES string of the molecule is O=c1cc(CN2CCc3cc(C(F)(F)F)ccc32)nc2c(-c3nn[nH]n3)c[nH]n12. The van der Waals surface area contributed by atoms with E-state index in [1.165, 1.54) is 22.7 Å². The topological polar surface area (TPSA) is 108 Å². The van der Waals surface area contributed by atoms with E-state index in [-0.39, 0.29) is 5.56 Å². The third kappa shape index (κ3) is 2.92. The number of nitrogens with one attached hydrogen (secondary N) is 2. The van der Waals surface area contributed by atoms with Crippen molar-refractivity contribution >= 4 is 11.3 Å². The van der Waals surface area contributed by atoms with Crippen molar-refractivity contribution in [2.24, 2.45) is 0 Å². The molecule has 0 saturated heterocycles. The van der Waals surface area contributed by atoms with Gasteiger partial charge < -0.3 is 4.90 Å². The average molecular weight is 402 g/mol. The fourth-order valence-electron chi connectivity index (χ4n) is 3.56. The van der Waals surface area contributed by atoms with Gasteiger partial charge in [0.15, 0.2) is 5.65 Å². The van der Waals surface area contributed by atoms with Gasteiger partial charge in [-0.1, -0.05) is 0 Å². The number of hydrogen-bond donors (Lipinski definition) is 2. The number of aromatic nitrogens is 7. The van der Waals surface area contributed by atoms with Crippen LogP contribution in [0.5, 0.6) is 0 Å². The van der Waals surface area contributed by atoms with E-state index in [1.807, 2.05) is 4.90 Å². The van der Waals surface area contributed by atoms with Crippen LogP contribution in [0, 0.1) is 0 Å². The van der Waals surface area contributed by atoms with Crippen molar-refractivity contribution in [1.82, 2.24) is 35.2 Å². The number of hydrogen-bond acceptors (Lipinski definition) is 6. The molecule has 1 aliphatic rings. The Hall–Kier alpha value is -3.70. The zero-order valence-corrected chi connectivity index (χ0v) is 14.7. The first-order valence-corrected chi connectivity index (χ1v) is 8.69. The van der Waals surface area contributed by atoms with Crippen molar-refractivity contribution in [2.45, 2.75) is 19.1 Å². The van der Waals surface area contributed by atoms with Crippen LogP contribution in [-0.4, -0.2) is 41.8 Å². The molecule has 0 atom stereocenters. The maximum atomic E-state index is 12.9. The first-order valence-electron chi connectivity index (χ1n) is 8.69. The number of tetrazole rings is 1. The van der Waals surface area contributed by atoms with Crippen LogP contribution in [0.15, 0.2) is 35.3 Å². The molecule has 0 aliphatic carbocycles. The predicted molar refractivity (Wildman–Crippen MR) is 95.2 cm³/mol. The molecule has 12 heteroatoms. The lowest BCUT2D eigenvalue weighted by Gasteiger charge is -2.19. The first-order chi connectivity index (χ1) is 13.9. The Morgan fingerprint density at radius 1 is 1.21 bits per heavy atom. The fourth-order valence-corrected chi connectivity index (χ4v) is 3.56. The van der Waals surface area contributed by atoms with Gasteiger partial charge in [0.05, 0.1) is 23.4 Å². The van der Waals surface area contributed by atoms with Crippen molar-refractivity contribution in [2.75, 3.05) is 11.4 Å². The lowest BCUT2D eigenvalue weighted by atomic mass is 10.1. The maximum Gasteiger partial charge on any atom is 0.416 e. The Morgan fingerprint density at radius 2 is 2.07 bits per heavy atom. The van der Waals surface area contributed by atoms with Gasteiger partial charge in [0.25, 0.3) is 5.56 Å². The second-order valence-electron chi connectivity index (χ2n) is 6.68. The third-order valence-corrected chi connectivity index (χ3v) is 4.89. The number of nitrogens with zero attached hydrogens (tertiary/aromatic N) is 6. The zero-order chi connectivity index (χ0) is 20.2. The van der Waals surface area contributed by atoms with Crippen LogP contribution in [0.25, 0.3) is 17.0 Å². The van der Waals surface area contributed by atoms with Crippen LogP contribution in [-0.2, 0) is 19.1 Å². The van der Waals surface area contributed by atoms with Crippen LogP contribution in [0.1, 0.15) is 16.8 Å². The number of H-pyrrole nitrogens is 2. The summed E-state index contributed by atoms with van der Waals surface area (Å²) in [6, 6.07) is 5.12. The van der Waals surface area contributed by atoms with Crippen LogP contribution in [0.4, 0.5) is 18.9 Å². The number of rotatable bonds is 3. The van der Waals surface area contributed by atoms with Gasteiger partial charge in [-0.15, -0.1) is 10.2 Å². The Morgan fingerprint density at radius 3 is 2.83 bits per heavy atom. The van der Waals surface area contributed by atoms with Crippen LogP contribution >= 0.6 is 0 Å². The summed E-state index contributed by atoms with van der Waals surface area (Å²) in [6.45, 7) is 0.837. The molecule has 0 amide bonds. The average Bonchev–Trinajstić information content (AvgIpc) is 3.40. The molecule has 9 nitrogen and oxygen atoms in total. The van der Waals surface area contributed by atoms with Gasteiger partial charge in [-0.3, -0.25) is 9.89 Å². The van der Waals surface area contributed by atoms with E-state index in [1.54, 1.807) is 6.20 Å². The van der Waals surface area contributed by atoms with Gasteiger partial charge in [0, 0.05) is 24.5 Å². The van der Waals surface area contributed by atoms with Crippen molar-refractivity contribution in [3.8, 4) is 11.4 Å². The summed E-state index contributed by atoms with van der Waals surface area (Å²) in [4.78, 5) is 18.9. The lowest BCUT2D eigenvalue weighted by molar-refractivity contribution is -0.137. The Labute approximate surface area is 160 Å². The molecule has 0 unspecified atom stereocenters. The van der Waals surface area contributed by atoms with E-state index in [0.29, 0.717) is 53.5 Å². The van der Waals surface area contributed by atoms with Crippen LogP contribution in [0.2, 0.25) is 0 Å². The Bertz CT molecular complexity index is 1260. The van der Waals surface area contributed by atoms with Gasteiger partial charge in [-0.05, 0) is 35.4 Å². The van der Waals surface area contributed by atoms with E-state index >= 15 is 0 Å². The summed E-state index contributed by atoms with van der Waals surface area (Å²) in [7, 11) is 0. The quantitative estimate of drug-likeness (QED) is 0.541. The highest BCUT2D eigenvalue weighted by Gasteiger charge is 2.32. The molecule has 4 aromatic rings. The minimum atomic E-state index is -4.37. The van der Waals surface area contributed by atoms with Gasteiger partial charge in [0.1, 0.15) is 0 Å². The highest BCUT2D eigenvalue weighted by molar-refractivity contribution is 5.71. The summed E-state index contributed by atoms with van der Waals surface area (Å²) in [5.74, 6) is 0.291. The van der Waals surface area contributed by atoms with Gasteiger partial charge in [0.2, 0.25) is 5.82 Å². The summed E-state index contributed by atoms with van der Waals surface area (Å²) in [5.41, 5.74) is 1.72. The summed E-state index contributed by atoms with van der Waals surface area (Å²) in [5, 5.41) is 16.5. The number of halogens is 3. The number of aromatic amines is 2. The van der Waals surface area contributed by atoms with Gasteiger partial charge in [-0.2, -0.15) is 18.4 Å². The normalized spacial score (nSPS) is 14.0. The van der Waals surface area contributed by atoms with Gasteiger partial charge in [-0.25, -0.2) is 9.50 Å². The summed E-state index contributed by atoms with van der Waals surface area (Å²) < 4.78 is 40.1. The zero-order valence-electron chi connectivity index (χ0n) is 14.7. The third-order valence-electron chi connectivity index (χ3n) is 4.89. The van der Waals surface area contributed by atoms with Crippen molar-refractivity contribution in [1.29, 1.82) is 0 Å². The number of benzene rings is 1. The highest BCUT2D eigenvalue weighted by atomic mass is 19.4. The van der Waals surface area contributed by atoms with E-state index in [2.05, 4.69) is 30.7 Å². The molecule has 0 bridgehead atoms. The molecule has 0 radical (unpaired) electrons. The first kappa shape index (κ1) is 17.4.